The summed E-state index contributed by atoms with van der Waals surface area (Å²) in [5.74, 6) is 0.656. The Morgan fingerprint density at radius 1 is 1.46 bits per heavy atom. The van der Waals surface area contributed by atoms with Gasteiger partial charge in [-0.3, -0.25) is 4.79 Å². The molecule has 1 amide bonds. The first-order valence-corrected chi connectivity index (χ1v) is 10.3. The summed E-state index contributed by atoms with van der Waals surface area (Å²) in [5.41, 5.74) is 1.23. The molecular formula is C17H24N4OS2. The summed E-state index contributed by atoms with van der Waals surface area (Å²) in [5, 5.41) is 5.39. The molecule has 0 spiro atoms. The van der Waals surface area contributed by atoms with Gasteiger partial charge in [-0.25, -0.2) is 9.97 Å². The number of thioether (sulfide) groups is 1. The Balaban J connectivity index is 1.73. The van der Waals surface area contributed by atoms with Crippen LogP contribution >= 0.6 is 23.1 Å². The summed E-state index contributed by atoms with van der Waals surface area (Å²) in [6.45, 7) is 9.10. The molecule has 1 unspecified atom stereocenters. The maximum Gasteiger partial charge on any atom is 0.233 e. The number of hydrogen-bond acceptors (Lipinski definition) is 6. The summed E-state index contributed by atoms with van der Waals surface area (Å²) in [4.78, 5) is 25.9. The number of fused-ring (bicyclic) bond motifs is 1. The van der Waals surface area contributed by atoms with E-state index in [-0.39, 0.29) is 5.91 Å². The zero-order chi connectivity index (χ0) is 17.1. The van der Waals surface area contributed by atoms with Gasteiger partial charge < -0.3 is 10.2 Å². The fraction of sp³-hybridized carbons (Fsp3) is 0.588. The highest BCUT2D eigenvalue weighted by Gasteiger charge is 2.26. The monoisotopic (exact) mass is 364 g/mol. The van der Waals surface area contributed by atoms with Crippen LogP contribution < -0.4 is 5.32 Å². The van der Waals surface area contributed by atoms with Gasteiger partial charge >= 0.3 is 0 Å². The minimum atomic E-state index is 0.215. The van der Waals surface area contributed by atoms with Crippen molar-refractivity contribution >= 4 is 39.2 Å². The number of amides is 1. The van der Waals surface area contributed by atoms with Gasteiger partial charge in [-0.05, 0) is 38.8 Å². The predicted octanol–water partition coefficient (Wildman–Crippen LogP) is 3.00. The molecule has 0 radical (unpaired) electrons. The molecule has 1 atom stereocenters. The number of nitrogens with one attached hydrogen (secondary N) is 1. The molecule has 130 valence electrons. The Kier molecular flexibility index (Phi) is 5.73. The molecule has 1 aliphatic rings. The molecule has 7 heteroatoms. The second kappa shape index (κ2) is 7.80. The van der Waals surface area contributed by atoms with Crippen molar-refractivity contribution in [1.82, 2.24) is 20.2 Å². The molecule has 1 N–H and O–H groups in total. The van der Waals surface area contributed by atoms with E-state index in [0.717, 1.165) is 47.7 Å². The van der Waals surface area contributed by atoms with Crippen molar-refractivity contribution in [3.63, 3.8) is 0 Å². The Bertz CT molecular complexity index is 725. The number of rotatable bonds is 6. The van der Waals surface area contributed by atoms with E-state index in [9.17, 15) is 4.79 Å². The molecule has 3 rings (SSSR count). The first kappa shape index (κ1) is 17.6. The smallest absolute Gasteiger partial charge is 0.233 e. The SMILES string of the molecule is CCCN(C(=O)CSc1ncnc2sc(C)c(C)c12)C1CCNC1. The Morgan fingerprint density at radius 3 is 3.00 bits per heavy atom. The van der Waals surface area contributed by atoms with Gasteiger partial charge in [0.05, 0.1) is 5.75 Å². The molecule has 0 aromatic carbocycles. The number of nitrogens with zero attached hydrogens (tertiary/aromatic N) is 3. The van der Waals surface area contributed by atoms with Gasteiger partial charge in [0.2, 0.25) is 5.91 Å². The van der Waals surface area contributed by atoms with Crippen LogP contribution in [-0.4, -0.2) is 52.2 Å². The normalized spacial score (nSPS) is 17.5. The van der Waals surface area contributed by atoms with E-state index < -0.39 is 0 Å². The Hall–Kier alpha value is -1.18. The topological polar surface area (TPSA) is 58.1 Å². The van der Waals surface area contributed by atoms with E-state index in [2.05, 4.69) is 41.0 Å². The molecule has 0 saturated carbocycles. The number of carbonyl (C=O) groups excluding carboxylic acids is 1. The Labute approximate surface area is 151 Å². The highest BCUT2D eigenvalue weighted by atomic mass is 32.2. The van der Waals surface area contributed by atoms with E-state index in [0.29, 0.717) is 11.8 Å². The van der Waals surface area contributed by atoms with E-state index in [1.54, 1.807) is 29.4 Å². The van der Waals surface area contributed by atoms with Crippen LogP contribution in [0.4, 0.5) is 0 Å². The highest BCUT2D eigenvalue weighted by molar-refractivity contribution is 8.00. The maximum absolute atomic E-state index is 12.8. The zero-order valence-electron chi connectivity index (χ0n) is 14.5. The lowest BCUT2D eigenvalue weighted by atomic mass is 10.2. The molecule has 24 heavy (non-hydrogen) atoms. The van der Waals surface area contributed by atoms with E-state index in [4.69, 9.17) is 0 Å². The van der Waals surface area contributed by atoms with Crippen LogP contribution in [0.2, 0.25) is 0 Å². The van der Waals surface area contributed by atoms with Gasteiger partial charge in [-0.2, -0.15) is 0 Å². The third-order valence-corrected chi connectivity index (χ3v) is 6.61. The fourth-order valence-corrected chi connectivity index (χ4v) is 5.13. The molecule has 0 bridgehead atoms. The third kappa shape index (κ3) is 3.58. The number of aryl methyl sites for hydroxylation is 2. The van der Waals surface area contributed by atoms with E-state index in [1.165, 1.54) is 10.4 Å². The summed E-state index contributed by atoms with van der Waals surface area (Å²) < 4.78 is 0. The second-order valence-corrected chi connectivity index (χ2v) is 8.33. The molecule has 2 aromatic rings. The van der Waals surface area contributed by atoms with Crippen LogP contribution in [0.5, 0.6) is 0 Å². The van der Waals surface area contributed by atoms with Gasteiger partial charge in [0.25, 0.3) is 0 Å². The quantitative estimate of drug-likeness (QED) is 0.631. The number of carbonyl (C=O) groups is 1. The van der Waals surface area contributed by atoms with Crippen LogP contribution in [0.15, 0.2) is 11.4 Å². The van der Waals surface area contributed by atoms with Crippen LogP contribution in [0.3, 0.4) is 0 Å². The van der Waals surface area contributed by atoms with Crippen molar-refractivity contribution in [2.45, 2.75) is 44.7 Å². The maximum atomic E-state index is 12.8. The molecule has 1 aliphatic heterocycles. The summed E-state index contributed by atoms with van der Waals surface area (Å²) in [6.07, 6.45) is 3.65. The minimum Gasteiger partial charge on any atom is -0.338 e. The van der Waals surface area contributed by atoms with Crippen LogP contribution in [-0.2, 0) is 4.79 Å². The van der Waals surface area contributed by atoms with Crippen molar-refractivity contribution in [2.24, 2.45) is 0 Å². The van der Waals surface area contributed by atoms with Gasteiger partial charge in [0.15, 0.2) is 0 Å². The average molecular weight is 365 g/mol. The molecule has 1 saturated heterocycles. The summed E-state index contributed by atoms with van der Waals surface area (Å²) in [7, 11) is 0. The van der Waals surface area contributed by atoms with E-state index in [1.807, 2.05) is 0 Å². The van der Waals surface area contributed by atoms with Crippen LogP contribution in [0.1, 0.15) is 30.2 Å². The number of thiophene rings is 1. The number of aromatic nitrogens is 2. The molecule has 0 aliphatic carbocycles. The molecule has 3 heterocycles. The van der Waals surface area contributed by atoms with Crippen molar-refractivity contribution in [3.8, 4) is 0 Å². The molecule has 2 aromatic heterocycles. The lowest BCUT2D eigenvalue weighted by molar-refractivity contribution is -0.130. The lowest BCUT2D eigenvalue weighted by Crippen LogP contribution is -2.43. The van der Waals surface area contributed by atoms with Crippen molar-refractivity contribution in [2.75, 3.05) is 25.4 Å². The number of hydrogen-bond donors (Lipinski definition) is 1. The Morgan fingerprint density at radius 2 is 2.29 bits per heavy atom. The highest BCUT2D eigenvalue weighted by Crippen LogP contribution is 2.34. The van der Waals surface area contributed by atoms with Crippen molar-refractivity contribution in [1.29, 1.82) is 0 Å². The minimum absolute atomic E-state index is 0.215. The lowest BCUT2D eigenvalue weighted by Gasteiger charge is -2.28. The second-order valence-electron chi connectivity index (χ2n) is 6.16. The van der Waals surface area contributed by atoms with Crippen LogP contribution in [0, 0.1) is 13.8 Å². The zero-order valence-corrected chi connectivity index (χ0v) is 16.1. The first-order chi connectivity index (χ1) is 11.6. The van der Waals surface area contributed by atoms with Gasteiger partial charge in [0, 0.05) is 29.4 Å². The summed E-state index contributed by atoms with van der Waals surface area (Å²) in [6, 6.07) is 0.341. The predicted molar refractivity (Wildman–Crippen MR) is 101 cm³/mol. The molecular weight excluding hydrogens is 340 g/mol. The largest absolute Gasteiger partial charge is 0.338 e. The van der Waals surface area contributed by atoms with Crippen molar-refractivity contribution in [3.05, 3.63) is 16.8 Å². The summed E-state index contributed by atoms with van der Waals surface area (Å²) >= 11 is 3.24. The average Bonchev–Trinajstić information content (AvgIpc) is 3.20. The molecule has 1 fully saturated rings. The standard InChI is InChI=1S/C17H24N4OS2/c1-4-7-21(13-5-6-18-8-13)14(22)9-23-16-15-11(2)12(3)24-17(15)20-10-19-16/h10,13,18H,4-9H2,1-3H3. The van der Waals surface area contributed by atoms with Gasteiger partial charge in [-0.15, -0.1) is 11.3 Å². The van der Waals surface area contributed by atoms with Crippen molar-refractivity contribution < 1.29 is 4.79 Å². The van der Waals surface area contributed by atoms with Gasteiger partial charge in [0.1, 0.15) is 16.2 Å². The van der Waals surface area contributed by atoms with E-state index >= 15 is 0 Å². The third-order valence-electron chi connectivity index (χ3n) is 4.52. The van der Waals surface area contributed by atoms with Crippen LogP contribution in [0.25, 0.3) is 10.2 Å². The molecule has 5 nitrogen and oxygen atoms in total. The first-order valence-electron chi connectivity index (χ1n) is 8.45. The van der Waals surface area contributed by atoms with Gasteiger partial charge in [-0.1, -0.05) is 18.7 Å². The fourth-order valence-electron chi connectivity index (χ4n) is 3.13.